The Morgan fingerprint density at radius 2 is 2.00 bits per heavy atom. The van der Waals surface area contributed by atoms with Gasteiger partial charge in [0.15, 0.2) is 5.75 Å². The van der Waals surface area contributed by atoms with Crippen LogP contribution in [0.2, 0.25) is 0 Å². The van der Waals surface area contributed by atoms with Crippen molar-refractivity contribution in [1.82, 2.24) is 15.0 Å². The number of nitrogens with one attached hydrogen (secondary N) is 1. The van der Waals surface area contributed by atoms with E-state index >= 15 is 0 Å². The molecule has 1 atom stereocenters. The summed E-state index contributed by atoms with van der Waals surface area (Å²) in [5, 5.41) is 4.26. The Bertz CT molecular complexity index is 497. The molecule has 0 fully saturated rings. The van der Waals surface area contributed by atoms with Crippen LogP contribution >= 0.6 is 11.3 Å². The van der Waals surface area contributed by atoms with Gasteiger partial charge in [-0.25, -0.2) is 15.0 Å². The summed E-state index contributed by atoms with van der Waals surface area (Å²) in [5.74, 6) is 1.23. The predicted molar refractivity (Wildman–Crippen MR) is 72.1 cm³/mol. The molecule has 0 spiro atoms. The molecular weight excluding hydrogens is 248 g/mol. The fourth-order valence-electron chi connectivity index (χ4n) is 1.44. The lowest BCUT2D eigenvalue weighted by molar-refractivity contribution is 0.411. The Kier molecular flexibility index (Phi) is 4.09. The molecule has 0 aliphatic heterocycles. The van der Waals surface area contributed by atoms with E-state index in [1.54, 1.807) is 30.8 Å². The molecule has 2 rings (SSSR count). The standard InChI is InChI=1S/C12H16N4OS/c1-4-10-7-13-11(18-10)8(2)16-12-14-5-9(17-3)6-15-12/h5-8H,4H2,1-3H3,(H,14,15,16). The highest BCUT2D eigenvalue weighted by Crippen LogP contribution is 2.22. The molecule has 5 nitrogen and oxygen atoms in total. The van der Waals surface area contributed by atoms with Crippen LogP contribution in [0, 0.1) is 0 Å². The van der Waals surface area contributed by atoms with Crippen LogP contribution in [0.4, 0.5) is 5.95 Å². The van der Waals surface area contributed by atoms with Crippen LogP contribution in [0.5, 0.6) is 5.75 Å². The first-order chi connectivity index (χ1) is 8.72. The van der Waals surface area contributed by atoms with E-state index in [4.69, 9.17) is 4.74 Å². The van der Waals surface area contributed by atoms with Crippen molar-refractivity contribution in [2.75, 3.05) is 12.4 Å². The van der Waals surface area contributed by atoms with E-state index in [0.29, 0.717) is 11.7 Å². The molecule has 0 amide bonds. The van der Waals surface area contributed by atoms with Crippen LogP contribution in [0.25, 0.3) is 0 Å². The number of hydrogen-bond acceptors (Lipinski definition) is 6. The second-order valence-corrected chi connectivity index (χ2v) is 4.98. The summed E-state index contributed by atoms with van der Waals surface area (Å²) in [6.07, 6.45) is 6.22. The minimum atomic E-state index is 0.101. The summed E-state index contributed by atoms with van der Waals surface area (Å²) < 4.78 is 5.01. The summed E-state index contributed by atoms with van der Waals surface area (Å²) in [6, 6.07) is 0.101. The van der Waals surface area contributed by atoms with Gasteiger partial charge in [-0.15, -0.1) is 11.3 Å². The third kappa shape index (κ3) is 2.95. The number of anilines is 1. The Morgan fingerprint density at radius 3 is 2.56 bits per heavy atom. The van der Waals surface area contributed by atoms with Gasteiger partial charge in [-0.05, 0) is 13.3 Å². The van der Waals surface area contributed by atoms with Crippen molar-refractivity contribution in [2.45, 2.75) is 26.3 Å². The van der Waals surface area contributed by atoms with E-state index in [1.165, 1.54) is 4.88 Å². The molecule has 18 heavy (non-hydrogen) atoms. The third-order valence-corrected chi connectivity index (χ3v) is 3.82. The molecule has 6 heteroatoms. The molecule has 1 N–H and O–H groups in total. The fraction of sp³-hybridized carbons (Fsp3) is 0.417. The molecule has 1 unspecified atom stereocenters. The zero-order valence-electron chi connectivity index (χ0n) is 10.7. The van der Waals surface area contributed by atoms with Crippen LogP contribution in [0.1, 0.15) is 29.8 Å². The Hall–Kier alpha value is -1.69. The first-order valence-electron chi connectivity index (χ1n) is 5.80. The highest BCUT2D eigenvalue weighted by molar-refractivity contribution is 7.11. The second-order valence-electron chi connectivity index (χ2n) is 3.83. The molecule has 0 aliphatic carbocycles. The summed E-state index contributed by atoms with van der Waals surface area (Å²) in [4.78, 5) is 14.0. The summed E-state index contributed by atoms with van der Waals surface area (Å²) in [5.41, 5.74) is 0. The maximum atomic E-state index is 5.01. The van der Waals surface area contributed by atoms with Crippen LogP contribution < -0.4 is 10.1 Å². The number of methoxy groups -OCH3 is 1. The number of aromatic nitrogens is 3. The van der Waals surface area contributed by atoms with Gasteiger partial charge in [0.2, 0.25) is 5.95 Å². The van der Waals surface area contributed by atoms with Gasteiger partial charge in [-0.2, -0.15) is 0 Å². The topological polar surface area (TPSA) is 59.9 Å². The van der Waals surface area contributed by atoms with Gasteiger partial charge in [0.05, 0.1) is 25.5 Å². The third-order valence-electron chi connectivity index (χ3n) is 2.50. The number of thiazole rings is 1. The zero-order chi connectivity index (χ0) is 13.0. The maximum Gasteiger partial charge on any atom is 0.223 e. The molecule has 2 heterocycles. The van der Waals surface area contributed by atoms with Gasteiger partial charge >= 0.3 is 0 Å². The smallest absolute Gasteiger partial charge is 0.223 e. The average Bonchev–Trinajstić information content (AvgIpc) is 2.88. The monoisotopic (exact) mass is 264 g/mol. The minimum absolute atomic E-state index is 0.101. The van der Waals surface area contributed by atoms with Crippen LogP contribution in [-0.4, -0.2) is 22.1 Å². The van der Waals surface area contributed by atoms with Crippen LogP contribution in [0.3, 0.4) is 0 Å². The van der Waals surface area contributed by atoms with E-state index < -0.39 is 0 Å². The van der Waals surface area contributed by atoms with Crippen molar-refractivity contribution < 1.29 is 4.74 Å². The number of hydrogen-bond donors (Lipinski definition) is 1. The quantitative estimate of drug-likeness (QED) is 0.899. The van der Waals surface area contributed by atoms with Gasteiger partial charge in [0.1, 0.15) is 5.01 Å². The molecule has 2 aromatic heterocycles. The summed E-state index contributed by atoms with van der Waals surface area (Å²) in [7, 11) is 1.59. The van der Waals surface area contributed by atoms with Gasteiger partial charge < -0.3 is 10.1 Å². The molecular formula is C12H16N4OS. The van der Waals surface area contributed by atoms with E-state index in [-0.39, 0.29) is 6.04 Å². The summed E-state index contributed by atoms with van der Waals surface area (Å²) in [6.45, 7) is 4.17. The van der Waals surface area contributed by atoms with E-state index in [0.717, 1.165) is 11.4 Å². The highest BCUT2D eigenvalue weighted by Gasteiger charge is 2.11. The zero-order valence-corrected chi connectivity index (χ0v) is 11.5. The van der Waals surface area contributed by atoms with Gasteiger partial charge in [0, 0.05) is 11.1 Å². The predicted octanol–water partition coefficient (Wildman–Crippen LogP) is 2.68. The molecule has 0 aromatic carbocycles. The van der Waals surface area contributed by atoms with E-state index in [1.807, 2.05) is 13.1 Å². The second kappa shape index (κ2) is 5.77. The lowest BCUT2D eigenvalue weighted by Gasteiger charge is -2.10. The Balaban J connectivity index is 2.03. The number of aryl methyl sites for hydroxylation is 1. The van der Waals surface area contributed by atoms with Crippen molar-refractivity contribution >= 4 is 17.3 Å². The Labute approximate surface area is 110 Å². The lowest BCUT2D eigenvalue weighted by Crippen LogP contribution is -2.08. The SMILES string of the molecule is CCc1cnc(C(C)Nc2ncc(OC)cn2)s1. The molecule has 0 saturated heterocycles. The molecule has 0 saturated carbocycles. The minimum Gasteiger partial charge on any atom is -0.494 e. The first kappa shape index (κ1) is 12.8. The fourth-order valence-corrected chi connectivity index (χ4v) is 2.30. The van der Waals surface area contributed by atoms with E-state index in [2.05, 4.69) is 27.2 Å². The van der Waals surface area contributed by atoms with Crippen molar-refractivity contribution in [3.05, 3.63) is 28.5 Å². The van der Waals surface area contributed by atoms with Gasteiger partial charge in [0.25, 0.3) is 0 Å². The molecule has 96 valence electrons. The van der Waals surface area contributed by atoms with Gasteiger partial charge in [-0.3, -0.25) is 0 Å². The molecule has 2 aromatic rings. The molecule has 0 bridgehead atoms. The van der Waals surface area contributed by atoms with Crippen LogP contribution in [0.15, 0.2) is 18.6 Å². The maximum absolute atomic E-state index is 5.01. The van der Waals surface area contributed by atoms with Crippen molar-refractivity contribution in [3.8, 4) is 5.75 Å². The van der Waals surface area contributed by atoms with Crippen LogP contribution in [-0.2, 0) is 6.42 Å². The number of ether oxygens (including phenoxy) is 1. The summed E-state index contributed by atoms with van der Waals surface area (Å²) >= 11 is 1.71. The lowest BCUT2D eigenvalue weighted by atomic mass is 10.3. The number of nitrogens with zero attached hydrogens (tertiary/aromatic N) is 3. The van der Waals surface area contributed by atoms with Crippen molar-refractivity contribution in [2.24, 2.45) is 0 Å². The first-order valence-corrected chi connectivity index (χ1v) is 6.61. The van der Waals surface area contributed by atoms with Crippen molar-refractivity contribution in [3.63, 3.8) is 0 Å². The largest absolute Gasteiger partial charge is 0.494 e. The van der Waals surface area contributed by atoms with E-state index in [9.17, 15) is 0 Å². The molecule has 0 radical (unpaired) electrons. The highest BCUT2D eigenvalue weighted by atomic mass is 32.1. The normalized spacial score (nSPS) is 12.2. The van der Waals surface area contributed by atoms with Gasteiger partial charge in [-0.1, -0.05) is 6.92 Å². The number of rotatable bonds is 5. The average molecular weight is 264 g/mol. The van der Waals surface area contributed by atoms with Crippen molar-refractivity contribution in [1.29, 1.82) is 0 Å². The Morgan fingerprint density at radius 1 is 1.28 bits per heavy atom. The molecule has 0 aliphatic rings.